The number of aldehydes is 1. The second-order valence-electron chi connectivity index (χ2n) is 3.79. The summed E-state index contributed by atoms with van der Waals surface area (Å²) < 4.78 is 0. The number of rotatable bonds is 4. The highest BCUT2D eigenvalue weighted by Gasteiger charge is 2.06. The average Bonchev–Trinajstić information content (AvgIpc) is 2.39. The van der Waals surface area contributed by atoms with Crippen molar-refractivity contribution in [3.05, 3.63) is 59.4 Å². The summed E-state index contributed by atoms with van der Waals surface area (Å²) in [5.74, 6) is 0.0819. The summed E-state index contributed by atoms with van der Waals surface area (Å²) in [6, 6.07) is 11.0. The summed E-state index contributed by atoms with van der Waals surface area (Å²) in [4.78, 5) is 14.9. The van der Waals surface area contributed by atoms with Crippen LogP contribution in [0.5, 0.6) is 5.75 Å². The van der Waals surface area contributed by atoms with Crippen LogP contribution in [0.4, 0.5) is 0 Å². The Balaban J connectivity index is 2.12. The predicted molar refractivity (Wildman–Crippen MR) is 65.1 cm³/mol. The standard InChI is InChI=1S/C14H13NO2/c16-10-12-5-3-4-11(14(12)17)7-8-13-6-1-2-9-15-13/h1-6,9-10,17H,7-8H2. The minimum absolute atomic E-state index is 0.0819. The molecule has 0 spiro atoms. The van der Waals surface area contributed by atoms with Crippen molar-refractivity contribution in [3.63, 3.8) is 0 Å². The SMILES string of the molecule is O=Cc1cccc(CCc2ccccn2)c1O. The van der Waals surface area contributed by atoms with E-state index in [0.717, 1.165) is 17.7 Å². The number of aryl methyl sites for hydroxylation is 2. The molecular weight excluding hydrogens is 214 g/mol. The molecule has 0 saturated heterocycles. The van der Waals surface area contributed by atoms with Crippen LogP contribution in [0.25, 0.3) is 0 Å². The van der Waals surface area contributed by atoms with Gasteiger partial charge in [-0.15, -0.1) is 0 Å². The maximum Gasteiger partial charge on any atom is 0.153 e. The number of para-hydroxylation sites is 1. The molecule has 1 N–H and O–H groups in total. The summed E-state index contributed by atoms with van der Waals surface area (Å²) in [5, 5.41) is 9.82. The third-order valence-electron chi connectivity index (χ3n) is 2.65. The van der Waals surface area contributed by atoms with E-state index in [2.05, 4.69) is 4.98 Å². The Kier molecular flexibility index (Phi) is 3.50. The van der Waals surface area contributed by atoms with E-state index in [1.807, 2.05) is 24.3 Å². The second kappa shape index (κ2) is 5.25. The van der Waals surface area contributed by atoms with Gasteiger partial charge in [0.05, 0.1) is 5.56 Å². The lowest BCUT2D eigenvalue weighted by Crippen LogP contribution is -1.95. The molecule has 2 aromatic rings. The zero-order valence-corrected chi connectivity index (χ0v) is 9.34. The summed E-state index contributed by atoms with van der Waals surface area (Å²) in [7, 11) is 0. The molecule has 0 unspecified atom stereocenters. The highest BCUT2D eigenvalue weighted by atomic mass is 16.3. The smallest absolute Gasteiger partial charge is 0.153 e. The first-order valence-electron chi connectivity index (χ1n) is 5.47. The summed E-state index contributed by atoms with van der Waals surface area (Å²) in [5.41, 5.74) is 2.09. The maximum absolute atomic E-state index is 10.7. The first-order valence-corrected chi connectivity index (χ1v) is 5.47. The van der Waals surface area contributed by atoms with E-state index in [4.69, 9.17) is 0 Å². The van der Waals surface area contributed by atoms with Crippen LogP contribution in [0.2, 0.25) is 0 Å². The zero-order valence-electron chi connectivity index (χ0n) is 9.34. The molecule has 0 aliphatic heterocycles. The summed E-state index contributed by atoms with van der Waals surface area (Å²) in [6.07, 6.45) is 3.83. The largest absolute Gasteiger partial charge is 0.507 e. The highest BCUT2D eigenvalue weighted by molar-refractivity contribution is 5.79. The lowest BCUT2D eigenvalue weighted by Gasteiger charge is -2.05. The van der Waals surface area contributed by atoms with E-state index >= 15 is 0 Å². The van der Waals surface area contributed by atoms with Crippen LogP contribution in [-0.2, 0) is 12.8 Å². The number of hydrogen-bond acceptors (Lipinski definition) is 3. The van der Waals surface area contributed by atoms with E-state index in [0.29, 0.717) is 18.3 Å². The zero-order chi connectivity index (χ0) is 12.1. The first kappa shape index (κ1) is 11.3. The maximum atomic E-state index is 10.7. The van der Waals surface area contributed by atoms with E-state index in [1.165, 1.54) is 0 Å². The molecule has 0 aliphatic carbocycles. The van der Waals surface area contributed by atoms with Crippen molar-refractivity contribution < 1.29 is 9.90 Å². The minimum atomic E-state index is 0.0819. The third-order valence-corrected chi connectivity index (χ3v) is 2.65. The van der Waals surface area contributed by atoms with Crippen molar-refractivity contribution in [2.75, 3.05) is 0 Å². The predicted octanol–water partition coefficient (Wildman–Crippen LogP) is 2.38. The molecule has 3 nitrogen and oxygen atoms in total. The Labute approximate surface area is 99.8 Å². The van der Waals surface area contributed by atoms with Gasteiger partial charge in [0.25, 0.3) is 0 Å². The van der Waals surface area contributed by atoms with Crippen LogP contribution >= 0.6 is 0 Å². The van der Waals surface area contributed by atoms with Crippen LogP contribution < -0.4 is 0 Å². The van der Waals surface area contributed by atoms with Crippen molar-refractivity contribution in [1.82, 2.24) is 4.98 Å². The number of carbonyl (C=O) groups is 1. The lowest BCUT2D eigenvalue weighted by molar-refractivity contribution is 0.112. The number of phenolic OH excluding ortho intramolecular Hbond substituents is 1. The van der Waals surface area contributed by atoms with Crippen molar-refractivity contribution in [2.24, 2.45) is 0 Å². The monoisotopic (exact) mass is 227 g/mol. The Hall–Kier alpha value is -2.16. The Morgan fingerprint density at radius 1 is 1.12 bits per heavy atom. The van der Waals surface area contributed by atoms with Gasteiger partial charge in [-0.3, -0.25) is 9.78 Å². The number of phenols is 1. The topological polar surface area (TPSA) is 50.2 Å². The van der Waals surface area contributed by atoms with E-state index < -0.39 is 0 Å². The average molecular weight is 227 g/mol. The van der Waals surface area contributed by atoms with Gasteiger partial charge in [-0.25, -0.2) is 0 Å². The second-order valence-corrected chi connectivity index (χ2v) is 3.79. The quantitative estimate of drug-likeness (QED) is 0.816. The summed E-state index contributed by atoms with van der Waals surface area (Å²) in [6.45, 7) is 0. The first-order chi connectivity index (χ1) is 8.31. The van der Waals surface area contributed by atoms with Gasteiger partial charge in [0.1, 0.15) is 5.75 Å². The van der Waals surface area contributed by atoms with E-state index in [1.54, 1.807) is 18.3 Å². The normalized spacial score (nSPS) is 10.1. The van der Waals surface area contributed by atoms with Crippen molar-refractivity contribution in [2.45, 2.75) is 12.8 Å². The Morgan fingerprint density at radius 2 is 2.00 bits per heavy atom. The molecule has 0 fully saturated rings. The lowest BCUT2D eigenvalue weighted by atomic mass is 10.0. The fourth-order valence-electron chi connectivity index (χ4n) is 1.72. The van der Waals surface area contributed by atoms with Gasteiger partial charge in [-0.2, -0.15) is 0 Å². The molecule has 1 aromatic carbocycles. The van der Waals surface area contributed by atoms with Crippen LogP contribution in [0.15, 0.2) is 42.6 Å². The number of aromatic hydroxyl groups is 1. The molecule has 86 valence electrons. The molecule has 1 aromatic heterocycles. The number of aromatic nitrogens is 1. The molecule has 0 amide bonds. The molecule has 0 bridgehead atoms. The number of nitrogens with zero attached hydrogens (tertiary/aromatic N) is 1. The number of pyridine rings is 1. The molecule has 1 heterocycles. The molecule has 0 radical (unpaired) electrons. The molecule has 0 saturated carbocycles. The van der Waals surface area contributed by atoms with Crippen LogP contribution in [0.3, 0.4) is 0 Å². The van der Waals surface area contributed by atoms with Crippen LogP contribution in [0.1, 0.15) is 21.6 Å². The number of benzene rings is 1. The fourth-order valence-corrected chi connectivity index (χ4v) is 1.72. The van der Waals surface area contributed by atoms with Gasteiger partial charge >= 0.3 is 0 Å². The van der Waals surface area contributed by atoms with Crippen LogP contribution in [0, 0.1) is 0 Å². The molecule has 3 heteroatoms. The molecule has 2 rings (SSSR count). The van der Waals surface area contributed by atoms with Crippen LogP contribution in [-0.4, -0.2) is 16.4 Å². The minimum Gasteiger partial charge on any atom is -0.507 e. The van der Waals surface area contributed by atoms with Gasteiger partial charge in [-0.05, 0) is 36.6 Å². The fraction of sp³-hybridized carbons (Fsp3) is 0.143. The van der Waals surface area contributed by atoms with Gasteiger partial charge in [0.2, 0.25) is 0 Å². The molecule has 0 aliphatic rings. The van der Waals surface area contributed by atoms with Gasteiger partial charge in [0.15, 0.2) is 6.29 Å². The summed E-state index contributed by atoms with van der Waals surface area (Å²) >= 11 is 0. The molecule has 17 heavy (non-hydrogen) atoms. The number of hydrogen-bond donors (Lipinski definition) is 1. The van der Waals surface area contributed by atoms with Crippen molar-refractivity contribution >= 4 is 6.29 Å². The van der Waals surface area contributed by atoms with Gasteiger partial charge in [0, 0.05) is 11.9 Å². The van der Waals surface area contributed by atoms with Gasteiger partial charge in [-0.1, -0.05) is 18.2 Å². The highest BCUT2D eigenvalue weighted by Crippen LogP contribution is 2.22. The van der Waals surface area contributed by atoms with Crippen molar-refractivity contribution in [3.8, 4) is 5.75 Å². The van der Waals surface area contributed by atoms with E-state index in [9.17, 15) is 9.90 Å². The third kappa shape index (κ3) is 2.69. The molecular formula is C14H13NO2. The van der Waals surface area contributed by atoms with Gasteiger partial charge < -0.3 is 5.11 Å². The van der Waals surface area contributed by atoms with E-state index in [-0.39, 0.29) is 5.75 Å². The molecule has 0 atom stereocenters. The number of carbonyl (C=O) groups excluding carboxylic acids is 1. The van der Waals surface area contributed by atoms with Crippen molar-refractivity contribution in [1.29, 1.82) is 0 Å². The Bertz CT molecular complexity index is 509. The Morgan fingerprint density at radius 3 is 2.71 bits per heavy atom.